The number of benzene rings is 2. The van der Waals surface area contributed by atoms with Crippen LogP contribution in [0.15, 0.2) is 60.3 Å². The highest BCUT2D eigenvalue weighted by Crippen LogP contribution is 2.38. The lowest BCUT2D eigenvalue weighted by Crippen LogP contribution is -2.40. The molecule has 0 bridgehead atoms. The minimum Gasteiger partial charge on any atom is -0.496 e. The van der Waals surface area contributed by atoms with Crippen molar-refractivity contribution in [2.24, 2.45) is 0 Å². The van der Waals surface area contributed by atoms with E-state index in [-0.39, 0.29) is 24.5 Å². The van der Waals surface area contributed by atoms with Gasteiger partial charge in [-0.05, 0) is 38.0 Å². The summed E-state index contributed by atoms with van der Waals surface area (Å²) < 4.78 is 11.2. The molecule has 0 aliphatic carbocycles. The van der Waals surface area contributed by atoms with E-state index in [1.165, 1.54) is 4.90 Å². The van der Waals surface area contributed by atoms with E-state index < -0.39 is 0 Å². The van der Waals surface area contributed by atoms with Gasteiger partial charge >= 0.3 is 0 Å². The van der Waals surface area contributed by atoms with E-state index in [4.69, 9.17) is 9.47 Å². The number of imide groups is 1. The van der Waals surface area contributed by atoms with E-state index >= 15 is 0 Å². The Kier molecular flexibility index (Phi) is 5.86. The Morgan fingerprint density at radius 1 is 1.07 bits per heavy atom. The zero-order chi connectivity index (χ0) is 21.1. The summed E-state index contributed by atoms with van der Waals surface area (Å²) in [5, 5.41) is 0. The van der Waals surface area contributed by atoms with Crippen molar-refractivity contribution < 1.29 is 19.1 Å². The summed E-state index contributed by atoms with van der Waals surface area (Å²) in [7, 11) is 1.57. The van der Waals surface area contributed by atoms with E-state index in [1.54, 1.807) is 13.2 Å². The highest BCUT2D eigenvalue weighted by Gasteiger charge is 2.43. The summed E-state index contributed by atoms with van der Waals surface area (Å²) in [4.78, 5) is 30.3. The van der Waals surface area contributed by atoms with Crippen LogP contribution in [-0.2, 0) is 14.3 Å². The van der Waals surface area contributed by atoms with Crippen molar-refractivity contribution in [3.63, 3.8) is 0 Å². The fourth-order valence-electron chi connectivity index (χ4n) is 4.14. The summed E-state index contributed by atoms with van der Waals surface area (Å²) in [5.74, 6) is -0.0271. The molecule has 1 fully saturated rings. The van der Waals surface area contributed by atoms with Crippen molar-refractivity contribution in [3.8, 4) is 5.75 Å². The fourth-order valence-corrected chi connectivity index (χ4v) is 4.14. The first kappa shape index (κ1) is 20.2. The Balaban J connectivity index is 1.83. The van der Waals surface area contributed by atoms with E-state index in [0.29, 0.717) is 35.7 Å². The highest BCUT2D eigenvalue weighted by molar-refractivity contribution is 6.37. The average Bonchev–Trinajstić information content (AvgIpc) is 3.38. The van der Waals surface area contributed by atoms with Crippen LogP contribution in [0.25, 0.3) is 5.57 Å². The smallest absolute Gasteiger partial charge is 0.278 e. The van der Waals surface area contributed by atoms with Gasteiger partial charge in [0.25, 0.3) is 11.8 Å². The third-order valence-corrected chi connectivity index (χ3v) is 5.58. The number of hydrogen-bond donors (Lipinski definition) is 0. The summed E-state index contributed by atoms with van der Waals surface area (Å²) in [6.07, 6.45) is 1.70. The van der Waals surface area contributed by atoms with E-state index in [1.807, 2.05) is 60.4 Å². The van der Waals surface area contributed by atoms with E-state index in [9.17, 15) is 9.59 Å². The molecule has 2 aromatic rings. The Morgan fingerprint density at radius 3 is 2.47 bits per heavy atom. The molecule has 6 heteroatoms. The molecule has 2 aliphatic rings. The molecule has 2 aromatic carbocycles. The standard InChI is InChI=1S/C24H26N2O4/c1-3-25(17-10-5-4-6-11-17)22-21(19-13-7-8-14-20(19)29-2)23(27)26(24(22)28)16-18-12-9-15-30-18/h4-8,10-11,13-14,18H,3,9,12,15-16H2,1-2H3. The largest absolute Gasteiger partial charge is 0.496 e. The van der Waals surface area contributed by atoms with Crippen molar-refractivity contribution in [3.05, 3.63) is 65.9 Å². The van der Waals surface area contributed by atoms with Gasteiger partial charge in [0.2, 0.25) is 0 Å². The summed E-state index contributed by atoms with van der Waals surface area (Å²) >= 11 is 0. The number of carbonyl (C=O) groups is 2. The van der Waals surface area contributed by atoms with Gasteiger partial charge in [0.1, 0.15) is 11.4 Å². The lowest BCUT2D eigenvalue weighted by atomic mass is 10.0. The van der Waals surface area contributed by atoms with Crippen LogP contribution in [-0.4, -0.2) is 49.6 Å². The molecule has 156 valence electrons. The highest BCUT2D eigenvalue weighted by atomic mass is 16.5. The van der Waals surface area contributed by atoms with Crippen LogP contribution in [0.4, 0.5) is 5.69 Å². The number of nitrogens with zero attached hydrogens (tertiary/aromatic N) is 2. The first-order chi connectivity index (χ1) is 14.7. The molecule has 2 amide bonds. The molecule has 1 atom stereocenters. The van der Waals surface area contributed by atoms with Crippen molar-refractivity contribution >= 4 is 23.1 Å². The van der Waals surface area contributed by atoms with Gasteiger partial charge in [-0.25, -0.2) is 0 Å². The molecular weight excluding hydrogens is 380 g/mol. The molecule has 2 heterocycles. The molecule has 0 saturated carbocycles. The summed E-state index contributed by atoms with van der Waals surface area (Å²) in [5.41, 5.74) is 2.25. The second kappa shape index (κ2) is 8.71. The second-order valence-corrected chi connectivity index (χ2v) is 7.36. The van der Waals surface area contributed by atoms with Crippen LogP contribution in [0.3, 0.4) is 0 Å². The van der Waals surface area contributed by atoms with Gasteiger partial charge in [0, 0.05) is 24.4 Å². The third kappa shape index (κ3) is 3.59. The van der Waals surface area contributed by atoms with Crippen LogP contribution in [0.2, 0.25) is 0 Å². The first-order valence-corrected chi connectivity index (χ1v) is 10.3. The Bertz CT molecular complexity index is 964. The lowest BCUT2D eigenvalue weighted by Gasteiger charge is -2.25. The van der Waals surface area contributed by atoms with Crippen LogP contribution in [0, 0.1) is 0 Å². The molecule has 6 nitrogen and oxygen atoms in total. The predicted octanol–water partition coefficient (Wildman–Crippen LogP) is 3.48. The van der Waals surface area contributed by atoms with Crippen molar-refractivity contribution in [2.45, 2.75) is 25.9 Å². The number of carbonyl (C=O) groups excluding carboxylic acids is 2. The van der Waals surface area contributed by atoms with Gasteiger partial charge in [0.15, 0.2) is 0 Å². The molecule has 4 rings (SSSR count). The number of rotatable bonds is 7. The molecule has 30 heavy (non-hydrogen) atoms. The van der Waals surface area contributed by atoms with Crippen molar-refractivity contribution in [2.75, 3.05) is 31.7 Å². The number of amides is 2. The van der Waals surface area contributed by atoms with Gasteiger partial charge in [-0.1, -0.05) is 36.4 Å². The second-order valence-electron chi connectivity index (χ2n) is 7.36. The SMILES string of the molecule is CCN(C1=C(c2ccccc2OC)C(=O)N(CC2CCCO2)C1=O)c1ccccc1. The van der Waals surface area contributed by atoms with Gasteiger partial charge in [-0.3, -0.25) is 14.5 Å². The maximum Gasteiger partial charge on any atom is 0.278 e. The number of ether oxygens (including phenoxy) is 2. The van der Waals surface area contributed by atoms with Crippen molar-refractivity contribution in [1.29, 1.82) is 0 Å². The van der Waals surface area contributed by atoms with Gasteiger partial charge < -0.3 is 14.4 Å². The summed E-state index contributed by atoms with van der Waals surface area (Å²) in [6.45, 7) is 3.46. The molecule has 1 saturated heterocycles. The lowest BCUT2D eigenvalue weighted by molar-refractivity contribution is -0.138. The minimum atomic E-state index is -0.301. The number of methoxy groups -OCH3 is 1. The molecule has 2 aliphatic heterocycles. The first-order valence-electron chi connectivity index (χ1n) is 10.3. The molecule has 0 N–H and O–H groups in total. The fraction of sp³-hybridized carbons (Fsp3) is 0.333. The molecule has 0 radical (unpaired) electrons. The molecule has 1 unspecified atom stereocenters. The van der Waals surface area contributed by atoms with Crippen molar-refractivity contribution in [1.82, 2.24) is 4.90 Å². The van der Waals surface area contributed by atoms with Gasteiger partial charge in [-0.2, -0.15) is 0 Å². The normalized spacial score (nSPS) is 19.0. The van der Waals surface area contributed by atoms with E-state index in [0.717, 1.165) is 18.5 Å². The van der Waals surface area contributed by atoms with Crippen LogP contribution in [0.5, 0.6) is 5.75 Å². The maximum absolute atomic E-state index is 13.6. The Morgan fingerprint density at radius 2 is 1.80 bits per heavy atom. The predicted molar refractivity (Wildman–Crippen MR) is 115 cm³/mol. The summed E-state index contributed by atoms with van der Waals surface area (Å²) in [6, 6.07) is 17.0. The zero-order valence-electron chi connectivity index (χ0n) is 17.3. The molecule has 0 spiro atoms. The average molecular weight is 406 g/mol. The van der Waals surface area contributed by atoms with Crippen LogP contribution < -0.4 is 9.64 Å². The Labute approximate surface area is 176 Å². The maximum atomic E-state index is 13.6. The molecule has 0 aromatic heterocycles. The Hall–Kier alpha value is -3.12. The van der Waals surface area contributed by atoms with Gasteiger partial charge in [0.05, 0.1) is 25.3 Å². The van der Waals surface area contributed by atoms with Crippen LogP contribution >= 0.6 is 0 Å². The monoisotopic (exact) mass is 406 g/mol. The number of anilines is 1. The van der Waals surface area contributed by atoms with E-state index in [2.05, 4.69) is 0 Å². The molecular formula is C24H26N2O4. The topological polar surface area (TPSA) is 59.1 Å². The quantitative estimate of drug-likeness (QED) is 0.659. The number of para-hydroxylation sites is 2. The number of likely N-dealkylation sites (N-methyl/N-ethyl adjacent to an activating group) is 1. The third-order valence-electron chi connectivity index (χ3n) is 5.58. The number of hydrogen-bond acceptors (Lipinski definition) is 5. The zero-order valence-corrected chi connectivity index (χ0v) is 17.3. The van der Waals surface area contributed by atoms with Gasteiger partial charge in [-0.15, -0.1) is 0 Å². The van der Waals surface area contributed by atoms with Crippen LogP contribution in [0.1, 0.15) is 25.3 Å². The minimum absolute atomic E-state index is 0.108.